The van der Waals surface area contributed by atoms with Crippen LogP contribution in [0.4, 0.5) is 0 Å². The van der Waals surface area contributed by atoms with Gasteiger partial charge in [-0.1, -0.05) is 12.1 Å². The number of carbonyl (C=O) groups is 7. The summed E-state index contributed by atoms with van der Waals surface area (Å²) < 4.78 is 0. The number of hydrogen-bond donors (Lipinski definition) is 14. The number of aliphatic imine (C=N–C) groups is 1. The Kier molecular flexibility index (Phi) is 19.2. The lowest BCUT2D eigenvalue weighted by atomic mass is 10.1. The van der Waals surface area contributed by atoms with Gasteiger partial charge in [-0.25, -0.2) is 4.79 Å². The minimum Gasteiger partial charge on any atom is -0.508 e. The van der Waals surface area contributed by atoms with Gasteiger partial charge in [-0.15, -0.1) is 0 Å². The Balaban J connectivity index is 2.92. The zero-order valence-electron chi connectivity index (χ0n) is 29.4. The maximum Gasteiger partial charge on any atom is 0.328 e. The van der Waals surface area contributed by atoms with E-state index in [0.29, 0.717) is 5.56 Å². The molecular formula is C31H50N10O12. The Morgan fingerprint density at radius 3 is 1.62 bits per heavy atom. The Labute approximate surface area is 304 Å². The van der Waals surface area contributed by atoms with Crippen LogP contribution in [0.2, 0.25) is 0 Å². The Morgan fingerprint density at radius 2 is 1.15 bits per heavy atom. The second-order valence-corrected chi connectivity index (χ2v) is 12.0. The van der Waals surface area contributed by atoms with E-state index in [-0.39, 0.29) is 37.5 Å². The summed E-state index contributed by atoms with van der Waals surface area (Å²) in [6.07, 6.45) is -1.40. The summed E-state index contributed by atoms with van der Waals surface area (Å²) >= 11 is 0. The molecule has 0 bridgehead atoms. The molecule has 296 valence electrons. The van der Waals surface area contributed by atoms with E-state index in [0.717, 1.165) is 6.92 Å². The monoisotopic (exact) mass is 754 g/mol. The van der Waals surface area contributed by atoms with Gasteiger partial charge >= 0.3 is 5.97 Å². The molecule has 22 heteroatoms. The molecule has 0 aliphatic rings. The number of amides is 6. The molecule has 0 unspecified atom stereocenters. The first-order chi connectivity index (χ1) is 24.8. The highest BCUT2D eigenvalue weighted by Crippen LogP contribution is 2.11. The smallest absolute Gasteiger partial charge is 0.328 e. The molecule has 0 saturated heterocycles. The number of nitrogens with one attached hydrogen (secondary N) is 6. The minimum absolute atomic E-state index is 0.0218. The van der Waals surface area contributed by atoms with Crippen molar-refractivity contribution in [2.45, 2.75) is 88.4 Å². The number of aliphatic carboxylic acids is 1. The fraction of sp³-hybridized carbons (Fsp3) is 0.548. The van der Waals surface area contributed by atoms with Gasteiger partial charge in [0.1, 0.15) is 36.0 Å². The molecule has 0 aromatic heterocycles. The van der Waals surface area contributed by atoms with Crippen LogP contribution in [-0.4, -0.2) is 141 Å². The van der Waals surface area contributed by atoms with Crippen molar-refractivity contribution < 1.29 is 59.1 Å². The number of rotatable bonds is 22. The molecular weight excluding hydrogens is 704 g/mol. The van der Waals surface area contributed by atoms with Gasteiger partial charge in [-0.3, -0.25) is 33.8 Å². The van der Waals surface area contributed by atoms with Gasteiger partial charge in [-0.2, -0.15) is 0 Å². The van der Waals surface area contributed by atoms with Crippen LogP contribution in [0.3, 0.4) is 0 Å². The number of aliphatic hydroxyl groups excluding tert-OH is 3. The van der Waals surface area contributed by atoms with Crippen LogP contribution >= 0.6 is 0 Å². The lowest BCUT2D eigenvalue weighted by molar-refractivity contribution is -0.145. The summed E-state index contributed by atoms with van der Waals surface area (Å²) in [5, 5.41) is 61.4. The largest absolute Gasteiger partial charge is 0.508 e. The summed E-state index contributed by atoms with van der Waals surface area (Å²) in [5.74, 6) is -7.48. The zero-order valence-corrected chi connectivity index (χ0v) is 29.4. The third kappa shape index (κ3) is 16.1. The summed E-state index contributed by atoms with van der Waals surface area (Å²) in [4.78, 5) is 92.1. The number of aliphatic hydroxyl groups is 3. The van der Waals surface area contributed by atoms with E-state index in [4.69, 9.17) is 17.2 Å². The van der Waals surface area contributed by atoms with E-state index in [2.05, 4.69) is 36.9 Å². The molecule has 0 spiro atoms. The van der Waals surface area contributed by atoms with Crippen molar-refractivity contribution in [3.05, 3.63) is 29.8 Å². The topological polar surface area (TPSA) is 383 Å². The molecule has 22 nitrogen and oxygen atoms in total. The van der Waals surface area contributed by atoms with Crippen LogP contribution in [-0.2, 0) is 40.0 Å². The average molecular weight is 755 g/mol. The SMILES string of the molecule is C[C@H](NC(=O)[C@H](CCCN=C(N)N)NC(=O)[C@H](CO)NC(=O)[C@H](CO)NC(=O)[C@H](C)NC(=O)[C@@H](N)Cc1ccc(O)cc1)C(=O)N[C@H](C(=O)O)[C@@H](C)O. The molecule has 1 rings (SSSR count). The number of carboxylic acid groups (broad SMARTS) is 1. The van der Waals surface area contributed by atoms with Gasteiger partial charge in [0.15, 0.2) is 12.0 Å². The van der Waals surface area contributed by atoms with E-state index in [1.807, 2.05) is 0 Å². The predicted octanol–water partition coefficient (Wildman–Crippen LogP) is -6.29. The van der Waals surface area contributed by atoms with Crippen molar-refractivity contribution in [3.8, 4) is 5.75 Å². The Hall–Kier alpha value is -5.58. The zero-order chi connectivity index (χ0) is 40.4. The molecule has 8 atom stereocenters. The van der Waals surface area contributed by atoms with Crippen molar-refractivity contribution in [1.82, 2.24) is 31.9 Å². The first-order valence-corrected chi connectivity index (χ1v) is 16.3. The van der Waals surface area contributed by atoms with Gasteiger partial charge in [0, 0.05) is 6.54 Å². The number of carboxylic acids is 1. The summed E-state index contributed by atoms with van der Waals surface area (Å²) in [7, 11) is 0. The molecule has 1 aromatic rings. The van der Waals surface area contributed by atoms with Crippen LogP contribution in [0.25, 0.3) is 0 Å². The molecule has 1 aromatic carbocycles. The first kappa shape index (κ1) is 45.4. The number of phenols is 1. The Bertz CT molecular complexity index is 1460. The van der Waals surface area contributed by atoms with Crippen LogP contribution in [0.15, 0.2) is 29.3 Å². The van der Waals surface area contributed by atoms with Gasteiger partial charge in [0.2, 0.25) is 35.4 Å². The van der Waals surface area contributed by atoms with Gasteiger partial charge in [0.05, 0.1) is 25.4 Å². The quantitative estimate of drug-likeness (QED) is 0.0297. The Morgan fingerprint density at radius 1 is 0.698 bits per heavy atom. The van der Waals surface area contributed by atoms with Crippen molar-refractivity contribution in [2.24, 2.45) is 22.2 Å². The highest BCUT2D eigenvalue weighted by Gasteiger charge is 2.32. The van der Waals surface area contributed by atoms with Crippen molar-refractivity contribution in [2.75, 3.05) is 19.8 Å². The van der Waals surface area contributed by atoms with Crippen LogP contribution < -0.4 is 49.1 Å². The average Bonchev–Trinajstić information content (AvgIpc) is 3.09. The molecule has 0 heterocycles. The molecule has 0 saturated carbocycles. The normalized spacial score (nSPS) is 15.4. The fourth-order valence-corrected chi connectivity index (χ4v) is 4.41. The molecule has 53 heavy (non-hydrogen) atoms. The molecule has 0 radical (unpaired) electrons. The lowest BCUT2D eigenvalue weighted by Crippen LogP contribution is -2.60. The maximum atomic E-state index is 13.1. The van der Waals surface area contributed by atoms with Gasteiger partial charge < -0.3 is 74.6 Å². The number of benzene rings is 1. The van der Waals surface area contributed by atoms with Crippen LogP contribution in [0.5, 0.6) is 5.75 Å². The summed E-state index contributed by atoms with van der Waals surface area (Å²) in [6.45, 7) is 1.69. The van der Waals surface area contributed by atoms with Gasteiger partial charge in [0.25, 0.3) is 0 Å². The highest BCUT2D eigenvalue weighted by atomic mass is 16.4. The number of carbonyl (C=O) groups excluding carboxylic acids is 6. The highest BCUT2D eigenvalue weighted by molar-refractivity contribution is 5.97. The lowest BCUT2D eigenvalue weighted by Gasteiger charge is -2.25. The van der Waals surface area contributed by atoms with Crippen LogP contribution in [0, 0.1) is 0 Å². The third-order valence-corrected chi connectivity index (χ3v) is 7.49. The first-order valence-electron chi connectivity index (χ1n) is 16.3. The van der Waals surface area contributed by atoms with Crippen molar-refractivity contribution in [3.63, 3.8) is 0 Å². The fourth-order valence-electron chi connectivity index (χ4n) is 4.41. The van der Waals surface area contributed by atoms with Crippen molar-refractivity contribution in [1.29, 1.82) is 0 Å². The maximum absolute atomic E-state index is 13.1. The molecule has 0 aliphatic carbocycles. The van der Waals surface area contributed by atoms with E-state index >= 15 is 0 Å². The number of phenolic OH excluding ortho intramolecular Hbond substituents is 1. The number of hydrogen-bond acceptors (Lipinski definition) is 13. The van der Waals surface area contributed by atoms with E-state index < -0.39 is 103 Å². The minimum atomic E-state index is -1.72. The summed E-state index contributed by atoms with van der Waals surface area (Å²) in [5.41, 5.74) is 17.2. The standard InChI is InChI=1S/C31H50N10O12/c1-14(36-26(48)19(32)11-17-6-8-18(45)9-7-17)24(46)39-21(12-42)29(51)40-22(13-43)28(50)38-20(5-4-10-35-31(33)34)27(49)37-15(2)25(47)41-23(16(3)44)30(52)53/h6-9,14-16,19-23,42-45H,4-5,10-13,32H2,1-3H3,(H,36,48)(H,37,49)(H,38,50)(H,39,46)(H,40,51)(H,41,47)(H,52,53)(H4,33,34,35)/t14-,15-,16+,19-,20-,21-,22-,23-/m0/s1. The second-order valence-electron chi connectivity index (χ2n) is 12.0. The number of guanidine groups is 1. The second kappa shape index (κ2) is 22.4. The van der Waals surface area contributed by atoms with Gasteiger partial charge in [-0.05, 0) is 57.7 Å². The van der Waals surface area contributed by atoms with Crippen LogP contribution in [0.1, 0.15) is 39.2 Å². The molecule has 6 amide bonds. The van der Waals surface area contributed by atoms with E-state index in [1.165, 1.54) is 26.0 Å². The predicted molar refractivity (Wildman–Crippen MR) is 186 cm³/mol. The molecule has 0 aliphatic heterocycles. The molecule has 0 fully saturated rings. The van der Waals surface area contributed by atoms with E-state index in [1.54, 1.807) is 12.1 Å². The van der Waals surface area contributed by atoms with Crippen molar-refractivity contribution >= 4 is 47.4 Å². The number of nitrogens with zero attached hydrogens (tertiary/aromatic N) is 1. The summed E-state index contributed by atoms with van der Waals surface area (Å²) in [6, 6.07) is -4.19. The number of aromatic hydroxyl groups is 1. The van der Waals surface area contributed by atoms with E-state index in [9.17, 15) is 59.1 Å². The number of nitrogens with two attached hydrogens (primary N) is 3. The third-order valence-electron chi connectivity index (χ3n) is 7.49. The molecule has 17 N–H and O–H groups in total.